The summed E-state index contributed by atoms with van der Waals surface area (Å²) in [7, 11) is 0. The number of hydrogen-bond acceptors (Lipinski definition) is 6. The summed E-state index contributed by atoms with van der Waals surface area (Å²) in [4.78, 5) is 25.2. The zero-order chi connectivity index (χ0) is 25.0. The first-order valence-electron chi connectivity index (χ1n) is 10.9. The molecule has 6 rings (SSSR count). The van der Waals surface area contributed by atoms with Gasteiger partial charge >= 0.3 is 6.36 Å². The van der Waals surface area contributed by atoms with Crippen LogP contribution in [0.4, 0.5) is 17.6 Å². The van der Waals surface area contributed by atoms with Crippen molar-refractivity contribution in [2.24, 2.45) is 0 Å². The van der Waals surface area contributed by atoms with Gasteiger partial charge in [0.15, 0.2) is 17.6 Å². The third-order valence-electron chi connectivity index (χ3n) is 6.51. The van der Waals surface area contributed by atoms with Gasteiger partial charge in [0.1, 0.15) is 11.6 Å². The van der Waals surface area contributed by atoms with E-state index in [4.69, 9.17) is 21.1 Å². The van der Waals surface area contributed by atoms with E-state index in [9.17, 15) is 27.2 Å². The van der Waals surface area contributed by atoms with Crippen LogP contribution in [0.2, 0.25) is 5.02 Å². The summed E-state index contributed by atoms with van der Waals surface area (Å²) in [6.45, 7) is -0.442. The smallest absolute Gasteiger partial charge is 0.490 e. The number of alkyl halides is 3. The maximum absolute atomic E-state index is 13.8. The van der Waals surface area contributed by atoms with Crippen molar-refractivity contribution in [1.29, 1.82) is 0 Å². The Bertz CT molecular complexity index is 1160. The first kappa shape index (κ1) is 23.9. The maximum atomic E-state index is 13.8. The van der Waals surface area contributed by atoms with E-state index >= 15 is 0 Å². The Morgan fingerprint density at radius 2 is 2.03 bits per heavy atom. The molecule has 4 aliphatic rings. The highest BCUT2D eigenvalue weighted by atomic mass is 35.5. The molecule has 1 aliphatic heterocycles. The standard InChI is InChI=1S/C22H20ClF4N3O5/c23-14-4-13-16(31)6-18(35-17(13)5-15(14)24)19(32)29-20-9-21(10-20,11-20)30-8-12(7-28-30)33-2-1-3-34-22(25,26)27/h4-5,7-8,18H,1-3,6,9-11H2,(H,29,32)/t18-,20?,21?/m1/s1. The molecule has 1 aromatic carbocycles. The number of halogens is 5. The minimum absolute atomic E-state index is 0.00796. The van der Waals surface area contributed by atoms with E-state index in [2.05, 4.69) is 15.2 Å². The molecule has 2 heterocycles. The Balaban J connectivity index is 1.11. The van der Waals surface area contributed by atoms with E-state index in [1.54, 1.807) is 10.9 Å². The molecule has 2 aromatic rings. The average Bonchev–Trinajstić information content (AvgIpc) is 3.18. The van der Waals surface area contributed by atoms with Crippen molar-refractivity contribution < 1.29 is 41.4 Å². The Morgan fingerprint density at radius 3 is 2.74 bits per heavy atom. The zero-order valence-electron chi connectivity index (χ0n) is 18.2. The molecule has 3 aliphatic carbocycles. The number of hydrogen-bond donors (Lipinski definition) is 1. The number of ether oxygens (including phenoxy) is 3. The van der Waals surface area contributed by atoms with Gasteiger partial charge in [0.25, 0.3) is 5.91 Å². The van der Waals surface area contributed by atoms with Crippen molar-refractivity contribution in [2.75, 3.05) is 13.2 Å². The van der Waals surface area contributed by atoms with Crippen molar-refractivity contribution in [2.45, 2.75) is 55.6 Å². The monoisotopic (exact) mass is 517 g/mol. The second-order valence-corrected chi connectivity index (χ2v) is 9.54. The first-order chi connectivity index (χ1) is 16.5. The van der Waals surface area contributed by atoms with Crippen molar-refractivity contribution in [3.05, 3.63) is 40.9 Å². The highest BCUT2D eigenvalue weighted by Crippen LogP contribution is 2.65. The number of benzene rings is 1. The molecule has 3 fully saturated rings. The second kappa shape index (κ2) is 8.37. The minimum atomic E-state index is -4.66. The Hall–Kier alpha value is -2.86. The lowest BCUT2D eigenvalue weighted by atomic mass is 9.44. The van der Waals surface area contributed by atoms with Gasteiger partial charge in [-0.3, -0.25) is 19.0 Å². The summed E-state index contributed by atoms with van der Waals surface area (Å²) < 4.78 is 66.1. The summed E-state index contributed by atoms with van der Waals surface area (Å²) in [6.07, 6.45) is -0.802. The van der Waals surface area contributed by atoms with Crippen molar-refractivity contribution in [3.8, 4) is 11.5 Å². The highest BCUT2D eigenvalue weighted by Gasteiger charge is 2.70. The van der Waals surface area contributed by atoms with Crippen LogP contribution in [-0.4, -0.2) is 52.7 Å². The van der Waals surface area contributed by atoms with E-state index in [1.807, 2.05) is 0 Å². The Morgan fingerprint density at radius 1 is 1.29 bits per heavy atom. The molecule has 2 bridgehead atoms. The fraction of sp³-hybridized carbons (Fsp3) is 0.500. The molecule has 13 heteroatoms. The van der Waals surface area contributed by atoms with Gasteiger partial charge in [-0.05, 0) is 25.3 Å². The van der Waals surface area contributed by atoms with Crippen molar-refractivity contribution in [3.63, 3.8) is 0 Å². The van der Waals surface area contributed by atoms with Gasteiger partial charge < -0.3 is 14.8 Å². The van der Waals surface area contributed by atoms with Gasteiger partial charge in [-0.2, -0.15) is 5.10 Å². The molecule has 1 N–H and O–H groups in total. The van der Waals surface area contributed by atoms with Crippen LogP contribution in [0.25, 0.3) is 0 Å². The fourth-order valence-electron chi connectivity index (χ4n) is 4.99. The van der Waals surface area contributed by atoms with Gasteiger partial charge in [0.05, 0.1) is 48.2 Å². The summed E-state index contributed by atoms with van der Waals surface area (Å²) >= 11 is 5.73. The second-order valence-electron chi connectivity index (χ2n) is 9.14. The van der Waals surface area contributed by atoms with Gasteiger partial charge in [-0.15, -0.1) is 13.2 Å². The molecule has 188 valence electrons. The third-order valence-corrected chi connectivity index (χ3v) is 6.80. The molecular weight excluding hydrogens is 498 g/mol. The number of nitrogens with one attached hydrogen (secondary N) is 1. The molecule has 0 unspecified atom stereocenters. The number of aromatic nitrogens is 2. The van der Waals surface area contributed by atoms with Gasteiger partial charge in [0.2, 0.25) is 0 Å². The van der Waals surface area contributed by atoms with Crippen LogP contribution in [0, 0.1) is 5.82 Å². The van der Waals surface area contributed by atoms with E-state index in [0.717, 1.165) is 6.07 Å². The van der Waals surface area contributed by atoms with E-state index < -0.39 is 36.3 Å². The number of fused-ring (bicyclic) bond motifs is 1. The number of carbonyl (C=O) groups is 2. The van der Waals surface area contributed by atoms with Crippen molar-refractivity contribution in [1.82, 2.24) is 15.1 Å². The molecule has 3 saturated carbocycles. The lowest BCUT2D eigenvalue weighted by Gasteiger charge is -2.70. The van der Waals surface area contributed by atoms with Gasteiger partial charge in [-0.1, -0.05) is 11.6 Å². The average molecular weight is 518 g/mol. The maximum Gasteiger partial charge on any atom is 0.522 e. The molecule has 1 atom stereocenters. The topological polar surface area (TPSA) is 91.7 Å². The lowest BCUT2D eigenvalue weighted by molar-refractivity contribution is -0.324. The number of Topliss-reactive ketones (excluding diaryl/α,β-unsaturated/α-hetero) is 1. The number of rotatable bonds is 8. The van der Waals surface area contributed by atoms with Crippen molar-refractivity contribution >= 4 is 23.3 Å². The summed E-state index contributed by atoms with van der Waals surface area (Å²) in [6, 6.07) is 2.21. The minimum Gasteiger partial charge on any atom is -0.490 e. The molecule has 1 amide bonds. The lowest BCUT2D eigenvalue weighted by Crippen LogP contribution is -2.79. The number of ketones is 1. The summed E-state index contributed by atoms with van der Waals surface area (Å²) in [5.41, 5.74) is -0.560. The molecular formula is C22H20ClF4N3O5. The van der Waals surface area contributed by atoms with Crippen LogP contribution >= 0.6 is 11.6 Å². The van der Waals surface area contributed by atoms with Crippen LogP contribution < -0.4 is 14.8 Å². The summed E-state index contributed by atoms with van der Waals surface area (Å²) in [5, 5.41) is 7.05. The molecule has 1 aromatic heterocycles. The predicted molar refractivity (Wildman–Crippen MR) is 112 cm³/mol. The molecule has 35 heavy (non-hydrogen) atoms. The highest BCUT2D eigenvalue weighted by molar-refractivity contribution is 6.31. The predicted octanol–water partition coefficient (Wildman–Crippen LogP) is 3.76. The Labute approximate surface area is 201 Å². The quantitative estimate of drug-likeness (QED) is 0.423. The Kier molecular flexibility index (Phi) is 5.71. The largest absolute Gasteiger partial charge is 0.522 e. The molecule has 8 nitrogen and oxygen atoms in total. The normalized spacial score (nSPS) is 26.8. The SMILES string of the molecule is O=C1C[C@H](C(=O)NC23CC(n4cc(OCCCOC(F)(F)F)cn4)(C2)C3)Oc2cc(F)c(Cl)cc21. The zero-order valence-corrected chi connectivity index (χ0v) is 18.9. The number of nitrogens with zero attached hydrogens (tertiary/aromatic N) is 2. The van der Waals surface area contributed by atoms with Crippen LogP contribution in [0.5, 0.6) is 11.5 Å². The summed E-state index contributed by atoms with van der Waals surface area (Å²) in [5.74, 6) is -1.11. The first-order valence-corrected chi connectivity index (χ1v) is 11.3. The molecule has 0 saturated heterocycles. The third kappa shape index (κ3) is 4.56. The van der Waals surface area contributed by atoms with E-state index in [1.165, 1.54) is 12.3 Å². The molecule has 0 spiro atoms. The number of amides is 1. The van der Waals surface area contributed by atoms with E-state index in [0.29, 0.717) is 25.0 Å². The fourth-order valence-corrected chi connectivity index (χ4v) is 5.16. The number of carbonyl (C=O) groups excluding carboxylic acids is 2. The van der Waals surface area contributed by atoms with Crippen LogP contribution in [-0.2, 0) is 15.1 Å². The van der Waals surface area contributed by atoms with Crippen LogP contribution in [0.3, 0.4) is 0 Å². The van der Waals surface area contributed by atoms with Gasteiger partial charge in [-0.25, -0.2) is 4.39 Å². The van der Waals surface area contributed by atoms with Gasteiger partial charge in [0, 0.05) is 18.0 Å². The van der Waals surface area contributed by atoms with Crippen LogP contribution in [0.15, 0.2) is 24.5 Å². The van der Waals surface area contributed by atoms with E-state index in [-0.39, 0.29) is 47.1 Å². The van der Waals surface area contributed by atoms with Crippen LogP contribution in [0.1, 0.15) is 42.5 Å². The molecule has 0 radical (unpaired) electrons.